The van der Waals surface area contributed by atoms with Crippen molar-refractivity contribution in [2.45, 2.75) is 44.7 Å². The third-order valence-electron chi connectivity index (χ3n) is 5.19. The lowest BCUT2D eigenvalue weighted by Gasteiger charge is -2.36. The molecule has 2 saturated heterocycles. The van der Waals surface area contributed by atoms with E-state index in [1.54, 1.807) is 0 Å². The summed E-state index contributed by atoms with van der Waals surface area (Å²) in [6.07, 6.45) is 3.80. The molecule has 0 unspecified atom stereocenters. The summed E-state index contributed by atoms with van der Waals surface area (Å²) >= 11 is 0. The lowest BCUT2D eigenvalue weighted by atomic mass is 10.0. The molecule has 2 fully saturated rings. The monoisotopic (exact) mass is 329 g/mol. The van der Waals surface area contributed by atoms with E-state index in [9.17, 15) is 9.59 Å². The molecule has 2 amide bonds. The van der Waals surface area contributed by atoms with Crippen LogP contribution in [-0.2, 0) is 9.59 Å². The molecule has 24 heavy (non-hydrogen) atoms. The number of piperidine rings is 1. The van der Waals surface area contributed by atoms with Crippen molar-refractivity contribution in [3.05, 3.63) is 35.9 Å². The number of amides is 2. The second-order valence-electron chi connectivity index (χ2n) is 6.88. The maximum Gasteiger partial charge on any atom is 0.237 e. The summed E-state index contributed by atoms with van der Waals surface area (Å²) in [5, 5.41) is 2.93. The van der Waals surface area contributed by atoms with Crippen molar-refractivity contribution in [3.63, 3.8) is 0 Å². The van der Waals surface area contributed by atoms with Crippen LogP contribution >= 0.6 is 0 Å². The quantitative estimate of drug-likeness (QED) is 0.922. The molecule has 2 aliphatic heterocycles. The molecule has 0 bridgehead atoms. The largest absolute Gasteiger partial charge is 0.355 e. The molecule has 0 spiro atoms. The van der Waals surface area contributed by atoms with Crippen molar-refractivity contribution in [1.82, 2.24) is 15.1 Å². The van der Waals surface area contributed by atoms with Gasteiger partial charge in [-0.15, -0.1) is 0 Å². The van der Waals surface area contributed by atoms with Gasteiger partial charge in [0.15, 0.2) is 0 Å². The van der Waals surface area contributed by atoms with Crippen molar-refractivity contribution < 1.29 is 9.59 Å². The number of benzene rings is 1. The Morgan fingerprint density at radius 2 is 2.00 bits per heavy atom. The van der Waals surface area contributed by atoms with E-state index >= 15 is 0 Å². The first kappa shape index (κ1) is 17.0. The highest BCUT2D eigenvalue weighted by molar-refractivity contribution is 5.80. The molecule has 2 heterocycles. The molecule has 0 aliphatic carbocycles. The molecule has 2 atom stereocenters. The normalized spacial score (nSPS) is 25.9. The van der Waals surface area contributed by atoms with Crippen molar-refractivity contribution >= 4 is 11.8 Å². The molecule has 130 valence electrons. The van der Waals surface area contributed by atoms with Crippen LogP contribution in [0.25, 0.3) is 0 Å². The highest BCUT2D eigenvalue weighted by Gasteiger charge is 2.30. The van der Waals surface area contributed by atoms with Gasteiger partial charge in [0.1, 0.15) is 0 Å². The molecule has 5 nitrogen and oxygen atoms in total. The minimum atomic E-state index is -0.0299. The molecule has 3 rings (SSSR count). The minimum Gasteiger partial charge on any atom is -0.355 e. The van der Waals surface area contributed by atoms with Crippen LogP contribution in [0.1, 0.15) is 44.2 Å². The van der Waals surface area contributed by atoms with E-state index in [0.29, 0.717) is 32.1 Å². The van der Waals surface area contributed by atoms with Crippen LogP contribution < -0.4 is 5.32 Å². The third kappa shape index (κ3) is 3.96. The number of carbonyl (C=O) groups is 2. The van der Waals surface area contributed by atoms with E-state index < -0.39 is 0 Å². The predicted molar refractivity (Wildman–Crippen MR) is 93.4 cm³/mol. The fourth-order valence-corrected chi connectivity index (χ4v) is 3.80. The van der Waals surface area contributed by atoms with E-state index in [1.165, 1.54) is 6.42 Å². The van der Waals surface area contributed by atoms with Gasteiger partial charge in [0.2, 0.25) is 11.8 Å². The average Bonchev–Trinajstić information content (AvgIpc) is 2.77. The van der Waals surface area contributed by atoms with Gasteiger partial charge in [0.05, 0.1) is 6.54 Å². The van der Waals surface area contributed by atoms with Gasteiger partial charge in [0.25, 0.3) is 0 Å². The standard InChI is InChI=1S/C19H27N3O2/c1-15-7-5-6-11-22(15)19(24)14-21-12-10-20-18(23)13-17(21)16-8-3-2-4-9-16/h2-4,8-9,15,17H,5-7,10-14H2,1H3,(H,20,23)/t15-,17+/m1/s1. The summed E-state index contributed by atoms with van der Waals surface area (Å²) in [7, 11) is 0. The van der Waals surface area contributed by atoms with Gasteiger partial charge in [-0.3, -0.25) is 14.5 Å². The lowest BCUT2D eigenvalue weighted by Crippen LogP contribution is -2.47. The molecule has 0 saturated carbocycles. The van der Waals surface area contributed by atoms with E-state index in [2.05, 4.69) is 17.1 Å². The van der Waals surface area contributed by atoms with Gasteiger partial charge >= 0.3 is 0 Å². The summed E-state index contributed by atoms with van der Waals surface area (Å²) in [4.78, 5) is 29.0. The van der Waals surface area contributed by atoms with Gasteiger partial charge in [-0.1, -0.05) is 30.3 Å². The minimum absolute atomic E-state index is 0.0299. The summed E-state index contributed by atoms with van der Waals surface area (Å²) in [5.41, 5.74) is 1.11. The zero-order valence-corrected chi connectivity index (χ0v) is 14.4. The Morgan fingerprint density at radius 3 is 2.75 bits per heavy atom. The highest BCUT2D eigenvalue weighted by Crippen LogP contribution is 2.26. The Balaban J connectivity index is 1.75. The van der Waals surface area contributed by atoms with Crippen molar-refractivity contribution in [3.8, 4) is 0 Å². The van der Waals surface area contributed by atoms with Gasteiger partial charge in [-0.2, -0.15) is 0 Å². The Bertz CT molecular complexity index is 575. The van der Waals surface area contributed by atoms with Crippen LogP contribution in [0.5, 0.6) is 0 Å². The Labute approximate surface area is 144 Å². The molecule has 0 radical (unpaired) electrons. The summed E-state index contributed by atoms with van der Waals surface area (Å²) in [6, 6.07) is 10.3. The molecule has 1 aromatic rings. The van der Waals surface area contributed by atoms with Gasteiger partial charge < -0.3 is 10.2 Å². The predicted octanol–water partition coefficient (Wildman–Crippen LogP) is 1.95. The van der Waals surface area contributed by atoms with Crippen molar-refractivity contribution in [2.75, 3.05) is 26.2 Å². The Kier molecular flexibility index (Phi) is 5.51. The maximum absolute atomic E-state index is 12.8. The van der Waals surface area contributed by atoms with E-state index in [0.717, 1.165) is 24.9 Å². The lowest BCUT2D eigenvalue weighted by molar-refractivity contribution is -0.136. The molecule has 0 aromatic heterocycles. The van der Waals surface area contributed by atoms with E-state index in [1.807, 2.05) is 35.2 Å². The zero-order valence-electron chi connectivity index (χ0n) is 14.4. The number of nitrogens with zero attached hydrogens (tertiary/aromatic N) is 2. The van der Waals surface area contributed by atoms with Crippen LogP contribution in [0.4, 0.5) is 0 Å². The molecule has 1 aromatic carbocycles. The second-order valence-corrected chi connectivity index (χ2v) is 6.88. The van der Waals surface area contributed by atoms with E-state index in [-0.39, 0.29) is 17.9 Å². The van der Waals surface area contributed by atoms with Crippen molar-refractivity contribution in [1.29, 1.82) is 0 Å². The number of hydrogen-bond acceptors (Lipinski definition) is 3. The smallest absolute Gasteiger partial charge is 0.237 e. The first-order valence-electron chi connectivity index (χ1n) is 9.00. The fraction of sp³-hybridized carbons (Fsp3) is 0.579. The summed E-state index contributed by atoms with van der Waals surface area (Å²) in [6.45, 7) is 4.70. The molecular formula is C19H27N3O2. The van der Waals surface area contributed by atoms with Crippen LogP contribution in [-0.4, -0.2) is 53.8 Å². The second kappa shape index (κ2) is 7.79. The summed E-state index contributed by atoms with van der Waals surface area (Å²) in [5.74, 6) is 0.252. The van der Waals surface area contributed by atoms with Crippen LogP contribution in [0, 0.1) is 0 Å². The van der Waals surface area contributed by atoms with Crippen molar-refractivity contribution in [2.24, 2.45) is 0 Å². The highest BCUT2D eigenvalue weighted by atomic mass is 16.2. The van der Waals surface area contributed by atoms with Crippen LogP contribution in [0.2, 0.25) is 0 Å². The molecular weight excluding hydrogens is 302 g/mol. The summed E-state index contributed by atoms with van der Waals surface area (Å²) < 4.78 is 0. The number of rotatable bonds is 3. The van der Waals surface area contributed by atoms with Gasteiger partial charge in [-0.25, -0.2) is 0 Å². The third-order valence-corrected chi connectivity index (χ3v) is 5.19. The molecule has 5 heteroatoms. The molecule has 2 aliphatic rings. The number of nitrogens with one attached hydrogen (secondary N) is 1. The number of carbonyl (C=O) groups excluding carboxylic acids is 2. The number of likely N-dealkylation sites (tertiary alicyclic amines) is 1. The number of hydrogen-bond donors (Lipinski definition) is 1. The first-order chi connectivity index (χ1) is 11.6. The van der Waals surface area contributed by atoms with Crippen LogP contribution in [0.15, 0.2) is 30.3 Å². The van der Waals surface area contributed by atoms with Gasteiger partial charge in [-0.05, 0) is 31.7 Å². The van der Waals surface area contributed by atoms with E-state index in [4.69, 9.17) is 0 Å². The zero-order chi connectivity index (χ0) is 16.9. The van der Waals surface area contributed by atoms with Crippen LogP contribution in [0.3, 0.4) is 0 Å². The Hall–Kier alpha value is -1.88. The fourth-order valence-electron chi connectivity index (χ4n) is 3.80. The Morgan fingerprint density at radius 1 is 1.21 bits per heavy atom. The molecule has 1 N–H and O–H groups in total. The maximum atomic E-state index is 12.8. The van der Waals surface area contributed by atoms with Gasteiger partial charge in [0, 0.05) is 38.1 Å². The average molecular weight is 329 g/mol. The topological polar surface area (TPSA) is 52.7 Å². The first-order valence-corrected chi connectivity index (χ1v) is 9.00. The SMILES string of the molecule is C[C@@H]1CCCCN1C(=O)CN1CCNC(=O)C[C@H]1c1ccccc1.